The summed E-state index contributed by atoms with van der Waals surface area (Å²) in [7, 11) is 1.50. The lowest BCUT2D eigenvalue weighted by atomic mass is 9.93. The maximum Gasteiger partial charge on any atom is 0.271 e. The van der Waals surface area contributed by atoms with Crippen LogP contribution in [0.4, 0.5) is 4.39 Å². The Morgan fingerprint density at radius 1 is 1.08 bits per heavy atom. The first-order valence-corrected chi connectivity index (χ1v) is 11.6. The van der Waals surface area contributed by atoms with Crippen LogP contribution >= 0.6 is 0 Å². The van der Waals surface area contributed by atoms with Crippen LogP contribution in [-0.4, -0.2) is 43.1 Å². The second-order valence-corrected chi connectivity index (χ2v) is 8.53. The minimum Gasteiger partial charge on any atom is -0.493 e. The highest BCUT2D eigenvalue weighted by Crippen LogP contribution is 2.32. The first-order chi connectivity index (χ1) is 17.2. The summed E-state index contributed by atoms with van der Waals surface area (Å²) in [6.45, 7) is 6.18. The molecule has 1 aliphatic heterocycles. The molecule has 2 amide bonds. The van der Waals surface area contributed by atoms with Crippen molar-refractivity contribution in [2.75, 3.05) is 20.3 Å². The molecule has 8 heteroatoms. The van der Waals surface area contributed by atoms with Crippen LogP contribution in [0.5, 0.6) is 11.5 Å². The van der Waals surface area contributed by atoms with Crippen LogP contribution in [0.1, 0.15) is 38.3 Å². The summed E-state index contributed by atoms with van der Waals surface area (Å²) < 4.78 is 29.9. The third-order valence-corrected chi connectivity index (χ3v) is 5.61. The second-order valence-electron chi connectivity index (χ2n) is 8.53. The fourth-order valence-corrected chi connectivity index (χ4v) is 3.68. The number of carbonyl (C=O) groups excluding carboxylic acids is 2. The monoisotopic (exact) mass is 492 g/mol. The molecule has 1 aliphatic rings. The van der Waals surface area contributed by atoms with E-state index in [1.165, 1.54) is 19.2 Å². The van der Waals surface area contributed by atoms with Crippen molar-refractivity contribution in [3.8, 4) is 17.6 Å². The molecule has 0 spiro atoms. The van der Waals surface area contributed by atoms with E-state index in [1.54, 1.807) is 43.3 Å². The summed E-state index contributed by atoms with van der Waals surface area (Å²) in [6.07, 6.45) is 2.14. The standard InChI is InChI=1S/C28H29FN2O5/c1-18(2)35-13-5-12-31-27(32)23(19(3)24(16-30)28(31)33)14-21-8-11-25(26(15-21)34-4)36-17-20-6-9-22(29)10-7-20/h6-11,14-15,18H,5,12-13,17H2,1-4H3/b23-14+. The zero-order valence-electron chi connectivity index (χ0n) is 20.8. The van der Waals surface area contributed by atoms with Crippen molar-refractivity contribution in [1.82, 2.24) is 4.90 Å². The van der Waals surface area contributed by atoms with Gasteiger partial charge in [0.15, 0.2) is 11.5 Å². The van der Waals surface area contributed by atoms with Crippen LogP contribution in [-0.2, 0) is 20.9 Å². The zero-order chi connectivity index (χ0) is 26.2. The highest BCUT2D eigenvalue weighted by molar-refractivity contribution is 6.19. The van der Waals surface area contributed by atoms with E-state index < -0.39 is 11.8 Å². The first-order valence-electron chi connectivity index (χ1n) is 11.6. The number of methoxy groups -OCH3 is 1. The maximum absolute atomic E-state index is 13.2. The predicted octanol–water partition coefficient (Wildman–Crippen LogP) is 4.82. The van der Waals surface area contributed by atoms with Gasteiger partial charge >= 0.3 is 0 Å². The van der Waals surface area contributed by atoms with E-state index in [0.717, 1.165) is 10.5 Å². The van der Waals surface area contributed by atoms with Crippen molar-refractivity contribution in [1.29, 1.82) is 5.26 Å². The average molecular weight is 493 g/mol. The quantitative estimate of drug-likeness (QED) is 0.268. The van der Waals surface area contributed by atoms with E-state index >= 15 is 0 Å². The molecule has 2 aromatic rings. The Kier molecular flexibility index (Phi) is 8.98. The average Bonchev–Trinajstić information content (AvgIpc) is 2.86. The van der Waals surface area contributed by atoms with Crippen molar-refractivity contribution in [3.63, 3.8) is 0 Å². The number of nitriles is 1. The summed E-state index contributed by atoms with van der Waals surface area (Å²) in [6, 6.07) is 13.1. The zero-order valence-corrected chi connectivity index (χ0v) is 20.8. The first kappa shape index (κ1) is 26.6. The van der Waals surface area contributed by atoms with Crippen LogP contribution in [0.3, 0.4) is 0 Å². The summed E-state index contributed by atoms with van der Waals surface area (Å²) in [5, 5.41) is 9.57. The molecule has 0 fully saturated rings. The molecule has 0 saturated heterocycles. The smallest absolute Gasteiger partial charge is 0.271 e. The van der Waals surface area contributed by atoms with Gasteiger partial charge < -0.3 is 14.2 Å². The lowest BCUT2D eigenvalue weighted by Crippen LogP contribution is -2.43. The molecule has 1 heterocycles. The van der Waals surface area contributed by atoms with Crippen molar-refractivity contribution in [3.05, 3.63) is 76.1 Å². The molecular weight excluding hydrogens is 463 g/mol. The fourth-order valence-electron chi connectivity index (χ4n) is 3.68. The molecule has 0 aromatic heterocycles. The molecule has 2 aromatic carbocycles. The summed E-state index contributed by atoms with van der Waals surface area (Å²) in [5.41, 5.74) is 1.97. The van der Waals surface area contributed by atoms with Crippen LogP contribution in [0, 0.1) is 17.1 Å². The van der Waals surface area contributed by atoms with Gasteiger partial charge in [-0.1, -0.05) is 18.2 Å². The molecule has 0 bridgehead atoms. The molecular formula is C28H29FN2O5. The third-order valence-electron chi connectivity index (χ3n) is 5.61. The number of amides is 2. The van der Waals surface area contributed by atoms with Gasteiger partial charge in [0.05, 0.1) is 13.2 Å². The maximum atomic E-state index is 13.2. The highest BCUT2D eigenvalue weighted by Gasteiger charge is 2.35. The van der Waals surface area contributed by atoms with Gasteiger partial charge in [-0.25, -0.2) is 4.39 Å². The van der Waals surface area contributed by atoms with Gasteiger partial charge in [0.2, 0.25) is 0 Å². The number of ether oxygens (including phenoxy) is 3. The number of halogens is 1. The lowest BCUT2D eigenvalue weighted by Gasteiger charge is -2.27. The summed E-state index contributed by atoms with van der Waals surface area (Å²) in [5.74, 6) is -0.457. The number of nitrogens with zero attached hydrogens (tertiary/aromatic N) is 2. The van der Waals surface area contributed by atoms with Crippen LogP contribution in [0.25, 0.3) is 6.08 Å². The molecule has 0 saturated carbocycles. The van der Waals surface area contributed by atoms with Gasteiger partial charge in [0.25, 0.3) is 11.8 Å². The molecule has 188 valence electrons. The van der Waals surface area contributed by atoms with Crippen molar-refractivity contribution in [2.45, 2.75) is 39.9 Å². The number of hydrogen-bond donors (Lipinski definition) is 0. The Hall–Kier alpha value is -3.96. The summed E-state index contributed by atoms with van der Waals surface area (Å²) >= 11 is 0. The molecule has 36 heavy (non-hydrogen) atoms. The van der Waals surface area contributed by atoms with Gasteiger partial charge in [-0.05, 0) is 74.2 Å². The largest absolute Gasteiger partial charge is 0.493 e. The molecule has 0 aliphatic carbocycles. The minimum atomic E-state index is -0.594. The Labute approximate surface area is 210 Å². The Bertz CT molecular complexity index is 1230. The van der Waals surface area contributed by atoms with Gasteiger partial charge in [0.1, 0.15) is 24.1 Å². The number of imide groups is 1. The predicted molar refractivity (Wildman–Crippen MR) is 132 cm³/mol. The fraction of sp³-hybridized carbons (Fsp3) is 0.321. The third kappa shape index (κ3) is 6.37. The number of benzene rings is 2. The van der Waals surface area contributed by atoms with Crippen molar-refractivity contribution >= 4 is 17.9 Å². The van der Waals surface area contributed by atoms with E-state index in [1.807, 2.05) is 19.9 Å². The number of hydrogen-bond acceptors (Lipinski definition) is 6. The molecule has 3 rings (SSSR count). The second kappa shape index (κ2) is 12.1. The van der Waals surface area contributed by atoms with Gasteiger partial charge in [-0.15, -0.1) is 0 Å². The minimum absolute atomic E-state index is 0.0441. The van der Waals surface area contributed by atoms with Crippen LogP contribution in [0.15, 0.2) is 59.2 Å². The number of carbonyl (C=O) groups is 2. The Morgan fingerprint density at radius 2 is 1.81 bits per heavy atom. The van der Waals surface area contributed by atoms with E-state index in [9.17, 15) is 19.2 Å². The molecule has 7 nitrogen and oxygen atoms in total. The van der Waals surface area contributed by atoms with Crippen molar-refractivity contribution in [2.24, 2.45) is 0 Å². The van der Waals surface area contributed by atoms with Gasteiger partial charge in [-0.2, -0.15) is 5.26 Å². The normalized spacial score (nSPS) is 15.0. The van der Waals surface area contributed by atoms with Gasteiger partial charge in [0, 0.05) is 18.7 Å². The molecule has 0 N–H and O–H groups in total. The van der Waals surface area contributed by atoms with Gasteiger partial charge in [-0.3, -0.25) is 14.5 Å². The van der Waals surface area contributed by atoms with Crippen LogP contribution < -0.4 is 9.47 Å². The Morgan fingerprint density at radius 3 is 2.44 bits per heavy atom. The van der Waals surface area contributed by atoms with E-state index in [0.29, 0.717) is 35.7 Å². The number of rotatable bonds is 10. The van der Waals surface area contributed by atoms with E-state index in [-0.39, 0.29) is 36.2 Å². The van der Waals surface area contributed by atoms with Crippen molar-refractivity contribution < 1.29 is 28.2 Å². The highest BCUT2D eigenvalue weighted by atomic mass is 19.1. The molecule has 0 unspecified atom stereocenters. The topological polar surface area (TPSA) is 88.9 Å². The summed E-state index contributed by atoms with van der Waals surface area (Å²) in [4.78, 5) is 27.1. The van der Waals surface area contributed by atoms with E-state index in [4.69, 9.17) is 14.2 Å². The lowest BCUT2D eigenvalue weighted by molar-refractivity contribution is -0.140. The molecule has 0 atom stereocenters. The van der Waals surface area contributed by atoms with E-state index in [2.05, 4.69) is 0 Å². The SMILES string of the molecule is COc1cc(/C=C2/C(=O)N(CCCOC(C)C)C(=O)C(C#N)=C2C)ccc1OCc1ccc(F)cc1. The van der Waals surface area contributed by atoms with Crippen LogP contribution in [0.2, 0.25) is 0 Å². The molecule has 0 radical (unpaired) electrons. The Balaban J connectivity index is 1.84.